The van der Waals surface area contributed by atoms with Gasteiger partial charge in [0.15, 0.2) is 0 Å². The molecule has 0 spiro atoms. The average molecular weight is 481 g/mol. The first kappa shape index (κ1) is 25.4. The molecule has 0 aromatic heterocycles. The van der Waals surface area contributed by atoms with Crippen molar-refractivity contribution in [1.29, 1.82) is 0 Å². The number of aryl methyl sites for hydroxylation is 1. The van der Waals surface area contributed by atoms with E-state index in [-0.39, 0.29) is 35.4 Å². The lowest BCUT2D eigenvalue weighted by molar-refractivity contribution is -0.140. The Bertz CT molecular complexity index is 1100. The fourth-order valence-corrected chi connectivity index (χ4v) is 4.07. The Morgan fingerprint density at radius 1 is 1.00 bits per heavy atom. The van der Waals surface area contributed by atoms with Gasteiger partial charge in [-0.25, -0.2) is 4.39 Å². The number of halogens is 2. The van der Waals surface area contributed by atoms with Gasteiger partial charge in [-0.15, -0.1) is 0 Å². The zero-order valence-electron chi connectivity index (χ0n) is 19.6. The number of benzene rings is 3. The third-order valence-electron chi connectivity index (χ3n) is 5.81. The number of hydrogen-bond donors (Lipinski definition) is 1. The second kappa shape index (κ2) is 12.3. The first-order valence-electron chi connectivity index (χ1n) is 11.5. The maximum absolute atomic E-state index is 14.5. The first-order chi connectivity index (χ1) is 16.4. The lowest BCUT2D eigenvalue weighted by Gasteiger charge is -2.32. The molecule has 0 radical (unpaired) electrons. The fourth-order valence-electron chi connectivity index (χ4n) is 3.84. The maximum Gasteiger partial charge on any atom is 0.243 e. The molecule has 6 heteroatoms. The number of nitrogens with one attached hydrogen (secondary N) is 1. The molecule has 0 heterocycles. The van der Waals surface area contributed by atoms with Gasteiger partial charge in [0.2, 0.25) is 11.8 Å². The van der Waals surface area contributed by atoms with Gasteiger partial charge in [-0.2, -0.15) is 0 Å². The fraction of sp³-hybridized carbons (Fsp3) is 0.286. The summed E-state index contributed by atoms with van der Waals surface area (Å²) in [6.07, 6.45) is 0.892. The van der Waals surface area contributed by atoms with Crippen LogP contribution in [0.25, 0.3) is 0 Å². The monoisotopic (exact) mass is 480 g/mol. The van der Waals surface area contributed by atoms with Crippen LogP contribution in [0.2, 0.25) is 5.02 Å². The molecule has 34 heavy (non-hydrogen) atoms. The Morgan fingerprint density at radius 2 is 1.71 bits per heavy atom. The lowest BCUT2D eigenvalue weighted by atomic mass is 10.00. The van der Waals surface area contributed by atoms with Crippen molar-refractivity contribution < 1.29 is 14.0 Å². The summed E-state index contributed by atoms with van der Waals surface area (Å²) in [5.41, 5.74) is 3.01. The van der Waals surface area contributed by atoms with E-state index < -0.39 is 11.9 Å². The molecule has 0 bridgehead atoms. The smallest absolute Gasteiger partial charge is 0.243 e. The highest BCUT2D eigenvalue weighted by atomic mass is 35.5. The van der Waals surface area contributed by atoms with Crippen molar-refractivity contribution in [2.24, 2.45) is 0 Å². The Hall–Kier alpha value is -3.18. The topological polar surface area (TPSA) is 49.4 Å². The number of nitrogens with zero attached hydrogens (tertiary/aromatic N) is 1. The van der Waals surface area contributed by atoms with E-state index in [1.165, 1.54) is 12.1 Å². The van der Waals surface area contributed by atoms with E-state index in [0.29, 0.717) is 13.0 Å². The predicted molar refractivity (Wildman–Crippen MR) is 134 cm³/mol. The van der Waals surface area contributed by atoms with Gasteiger partial charge in [0, 0.05) is 30.1 Å². The Kier molecular flexibility index (Phi) is 9.23. The molecule has 3 aromatic carbocycles. The third-order valence-corrected chi connectivity index (χ3v) is 6.17. The second-order valence-electron chi connectivity index (χ2n) is 8.32. The molecular formula is C28H30ClFN2O2. The summed E-state index contributed by atoms with van der Waals surface area (Å²) >= 11 is 6.21. The van der Waals surface area contributed by atoms with Gasteiger partial charge in [-0.05, 0) is 42.2 Å². The van der Waals surface area contributed by atoms with Crippen molar-refractivity contribution >= 4 is 23.4 Å². The Morgan fingerprint density at radius 3 is 2.38 bits per heavy atom. The number of amides is 2. The molecule has 3 rings (SSSR count). The molecular weight excluding hydrogens is 451 g/mol. The molecule has 1 N–H and O–H groups in total. The molecule has 2 amide bonds. The maximum atomic E-state index is 14.5. The minimum atomic E-state index is -0.758. The highest BCUT2D eigenvalue weighted by Gasteiger charge is 2.31. The molecule has 3 aromatic rings. The second-order valence-corrected chi connectivity index (χ2v) is 8.73. The van der Waals surface area contributed by atoms with Crippen LogP contribution < -0.4 is 5.32 Å². The van der Waals surface area contributed by atoms with E-state index in [2.05, 4.69) is 5.32 Å². The molecule has 0 saturated heterocycles. The highest BCUT2D eigenvalue weighted by Crippen LogP contribution is 2.23. The van der Waals surface area contributed by atoms with Crippen molar-refractivity contribution in [1.82, 2.24) is 10.2 Å². The van der Waals surface area contributed by atoms with Crippen molar-refractivity contribution in [2.75, 3.05) is 6.54 Å². The summed E-state index contributed by atoms with van der Waals surface area (Å²) in [6, 6.07) is 20.9. The number of hydrogen-bond acceptors (Lipinski definition) is 2. The van der Waals surface area contributed by atoms with Crippen LogP contribution in [0.15, 0.2) is 72.8 Å². The summed E-state index contributed by atoms with van der Waals surface area (Å²) in [6.45, 7) is 4.68. The molecule has 178 valence electrons. The SMILES string of the molecule is CCCNC(=O)C(Cc1ccccc1)N(Cc1ccccc1C)C(=O)Cc1c(F)cccc1Cl. The first-order valence-corrected chi connectivity index (χ1v) is 11.9. The summed E-state index contributed by atoms with van der Waals surface area (Å²) in [5, 5.41) is 3.14. The standard InChI is InChI=1S/C28H30ClFN2O2/c1-3-16-31-28(34)26(17-21-11-5-4-6-12-21)32(19-22-13-8-7-10-20(22)2)27(33)18-23-24(29)14-9-15-25(23)30/h4-15,26H,3,16-19H2,1-2H3,(H,31,34). The molecule has 1 unspecified atom stereocenters. The average Bonchev–Trinajstić information content (AvgIpc) is 2.83. The van der Waals surface area contributed by atoms with Gasteiger partial charge in [-0.3, -0.25) is 9.59 Å². The van der Waals surface area contributed by atoms with Crippen LogP contribution >= 0.6 is 11.6 Å². The molecule has 0 aliphatic rings. The number of carbonyl (C=O) groups excluding carboxylic acids is 2. The zero-order chi connectivity index (χ0) is 24.5. The number of rotatable bonds is 10. The third kappa shape index (κ3) is 6.67. The van der Waals surface area contributed by atoms with Crippen molar-refractivity contribution in [3.05, 3.63) is 106 Å². The van der Waals surface area contributed by atoms with Crippen molar-refractivity contribution in [3.8, 4) is 0 Å². The largest absolute Gasteiger partial charge is 0.354 e. The van der Waals surface area contributed by atoms with E-state index in [1.807, 2.05) is 68.4 Å². The summed E-state index contributed by atoms with van der Waals surface area (Å²) in [5.74, 6) is -1.12. The summed E-state index contributed by atoms with van der Waals surface area (Å²) in [4.78, 5) is 28.5. The van der Waals surface area contributed by atoms with E-state index >= 15 is 0 Å². The van der Waals surface area contributed by atoms with Crippen molar-refractivity contribution in [3.63, 3.8) is 0 Å². The number of carbonyl (C=O) groups is 2. The molecule has 0 aliphatic carbocycles. The van der Waals surface area contributed by atoms with Crippen LogP contribution in [0.3, 0.4) is 0 Å². The molecule has 0 aliphatic heterocycles. The Labute approximate surface area is 205 Å². The van der Waals surface area contributed by atoms with Crippen LogP contribution in [-0.2, 0) is 29.0 Å². The molecule has 0 saturated carbocycles. The van der Waals surface area contributed by atoms with Gasteiger partial charge in [0.25, 0.3) is 0 Å². The van der Waals surface area contributed by atoms with Crippen LogP contribution in [0, 0.1) is 12.7 Å². The predicted octanol–water partition coefficient (Wildman–Crippen LogP) is 5.50. The van der Waals surface area contributed by atoms with Crippen LogP contribution in [0.5, 0.6) is 0 Å². The van der Waals surface area contributed by atoms with Gasteiger partial charge in [0.05, 0.1) is 6.42 Å². The minimum Gasteiger partial charge on any atom is -0.354 e. The normalized spacial score (nSPS) is 11.6. The van der Waals surface area contributed by atoms with E-state index in [0.717, 1.165) is 23.1 Å². The Balaban J connectivity index is 2.00. The van der Waals surface area contributed by atoms with E-state index in [4.69, 9.17) is 11.6 Å². The van der Waals surface area contributed by atoms with E-state index in [9.17, 15) is 14.0 Å². The summed E-state index contributed by atoms with van der Waals surface area (Å²) in [7, 11) is 0. The van der Waals surface area contributed by atoms with Crippen LogP contribution in [-0.4, -0.2) is 29.3 Å². The highest BCUT2D eigenvalue weighted by molar-refractivity contribution is 6.31. The zero-order valence-corrected chi connectivity index (χ0v) is 20.3. The molecule has 0 fully saturated rings. The van der Waals surface area contributed by atoms with Crippen LogP contribution in [0.1, 0.15) is 35.6 Å². The van der Waals surface area contributed by atoms with E-state index in [1.54, 1.807) is 11.0 Å². The minimum absolute atomic E-state index is 0.136. The van der Waals surface area contributed by atoms with Gasteiger partial charge < -0.3 is 10.2 Å². The van der Waals surface area contributed by atoms with Gasteiger partial charge >= 0.3 is 0 Å². The molecule has 1 atom stereocenters. The molecule has 4 nitrogen and oxygen atoms in total. The lowest BCUT2D eigenvalue weighted by Crippen LogP contribution is -2.51. The summed E-state index contributed by atoms with van der Waals surface area (Å²) < 4.78 is 14.5. The van der Waals surface area contributed by atoms with Crippen LogP contribution in [0.4, 0.5) is 4.39 Å². The van der Waals surface area contributed by atoms with Gasteiger partial charge in [0.1, 0.15) is 11.9 Å². The quantitative estimate of drug-likeness (QED) is 0.416. The van der Waals surface area contributed by atoms with Gasteiger partial charge in [-0.1, -0.05) is 79.2 Å². The van der Waals surface area contributed by atoms with Crippen molar-refractivity contribution in [2.45, 2.75) is 45.7 Å².